The zero-order chi connectivity index (χ0) is 15.5. The number of halogens is 3. The summed E-state index contributed by atoms with van der Waals surface area (Å²) in [7, 11) is 0. The molecule has 0 aliphatic carbocycles. The molecule has 0 aromatic heterocycles. The molecule has 0 bridgehead atoms. The summed E-state index contributed by atoms with van der Waals surface area (Å²) in [6.07, 6.45) is -2.67. The first-order valence-corrected chi connectivity index (χ1v) is 6.87. The van der Waals surface area contributed by atoms with E-state index in [1.807, 2.05) is 6.92 Å². The van der Waals surface area contributed by atoms with Crippen LogP contribution in [0.3, 0.4) is 0 Å². The van der Waals surface area contributed by atoms with Gasteiger partial charge in [0.15, 0.2) is 0 Å². The third-order valence-electron chi connectivity index (χ3n) is 3.79. The lowest BCUT2D eigenvalue weighted by Gasteiger charge is -2.32. The van der Waals surface area contributed by atoms with Crippen LogP contribution in [0.2, 0.25) is 0 Å². The lowest BCUT2D eigenvalue weighted by molar-refractivity contribution is -0.274. The van der Waals surface area contributed by atoms with Crippen LogP contribution >= 0.6 is 0 Å². The van der Waals surface area contributed by atoms with Crippen molar-refractivity contribution in [2.45, 2.75) is 32.5 Å². The molecule has 21 heavy (non-hydrogen) atoms. The van der Waals surface area contributed by atoms with E-state index < -0.39 is 6.36 Å². The third-order valence-corrected chi connectivity index (χ3v) is 3.79. The predicted octanol–water partition coefficient (Wildman–Crippen LogP) is 3.09. The topological polar surface area (TPSA) is 38.3 Å². The monoisotopic (exact) mass is 301 g/mol. The van der Waals surface area contributed by atoms with Crippen molar-refractivity contribution in [3.63, 3.8) is 0 Å². The van der Waals surface area contributed by atoms with Gasteiger partial charge >= 0.3 is 6.36 Å². The van der Waals surface area contributed by atoms with Gasteiger partial charge in [0.2, 0.25) is 0 Å². The van der Waals surface area contributed by atoms with Gasteiger partial charge in [-0.2, -0.15) is 0 Å². The van der Waals surface area contributed by atoms with Crippen LogP contribution in [0.25, 0.3) is 0 Å². The first kappa shape index (κ1) is 15.8. The molecule has 0 radical (unpaired) electrons. The standard InChI is InChI=1S/C15H18F3NO2/c1-14(7-2-8-19-10-14)13(20)9-11-3-5-12(6-4-11)21-15(16,17)18/h3-6,19H,2,7-10H2,1H3. The number of piperidine rings is 1. The Morgan fingerprint density at radius 3 is 2.52 bits per heavy atom. The average Bonchev–Trinajstić information content (AvgIpc) is 2.40. The number of ketones is 1. The quantitative estimate of drug-likeness (QED) is 0.929. The van der Waals surface area contributed by atoms with E-state index in [1.165, 1.54) is 24.3 Å². The summed E-state index contributed by atoms with van der Waals surface area (Å²) in [4.78, 5) is 12.4. The third kappa shape index (κ3) is 4.46. The first-order chi connectivity index (χ1) is 9.78. The number of hydrogen-bond donors (Lipinski definition) is 1. The summed E-state index contributed by atoms with van der Waals surface area (Å²) in [6, 6.07) is 5.46. The first-order valence-electron chi connectivity index (χ1n) is 6.87. The molecule has 1 aliphatic heterocycles. The molecule has 116 valence electrons. The van der Waals surface area contributed by atoms with E-state index >= 15 is 0 Å². The van der Waals surface area contributed by atoms with E-state index in [2.05, 4.69) is 10.1 Å². The zero-order valence-electron chi connectivity index (χ0n) is 11.8. The van der Waals surface area contributed by atoms with Gasteiger partial charge in [0.05, 0.1) is 0 Å². The summed E-state index contributed by atoms with van der Waals surface area (Å²) in [6.45, 7) is 3.51. The Kier molecular flexibility index (Phi) is 4.56. The van der Waals surface area contributed by atoms with Crippen LogP contribution in [-0.4, -0.2) is 25.2 Å². The maximum Gasteiger partial charge on any atom is 0.573 e. The van der Waals surface area contributed by atoms with Crippen LogP contribution < -0.4 is 10.1 Å². The van der Waals surface area contributed by atoms with E-state index in [0.717, 1.165) is 19.4 Å². The van der Waals surface area contributed by atoms with E-state index in [9.17, 15) is 18.0 Å². The molecule has 1 fully saturated rings. The average molecular weight is 301 g/mol. The Bertz CT molecular complexity index is 491. The van der Waals surface area contributed by atoms with Crippen LogP contribution in [0.1, 0.15) is 25.3 Å². The molecule has 1 aromatic carbocycles. The Balaban J connectivity index is 1.98. The molecular formula is C15H18F3NO2. The number of rotatable bonds is 4. The van der Waals surface area contributed by atoms with Gasteiger partial charge in [-0.1, -0.05) is 19.1 Å². The molecule has 1 aliphatic rings. The Morgan fingerprint density at radius 1 is 1.33 bits per heavy atom. The van der Waals surface area contributed by atoms with Gasteiger partial charge in [0.25, 0.3) is 0 Å². The van der Waals surface area contributed by atoms with Crippen molar-refractivity contribution in [1.29, 1.82) is 0 Å². The van der Waals surface area contributed by atoms with Gasteiger partial charge < -0.3 is 10.1 Å². The highest BCUT2D eigenvalue weighted by Crippen LogP contribution is 2.29. The lowest BCUT2D eigenvalue weighted by Crippen LogP contribution is -2.44. The Labute approximate surface area is 121 Å². The van der Waals surface area contributed by atoms with Gasteiger partial charge in [0, 0.05) is 18.4 Å². The van der Waals surface area contributed by atoms with Crippen molar-refractivity contribution in [3.05, 3.63) is 29.8 Å². The molecule has 1 aromatic rings. The van der Waals surface area contributed by atoms with Crippen molar-refractivity contribution in [2.75, 3.05) is 13.1 Å². The maximum atomic E-state index is 12.4. The lowest BCUT2D eigenvalue weighted by atomic mass is 9.77. The van der Waals surface area contributed by atoms with Crippen molar-refractivity contribution in [1.82, 2.24) is 5.32 Å². The van der Waals surface area contributed by atoms with Gasteiger partial charge in [-0.05, 0) is 37.1 Å². The molecule has 1 heterocycles. The molecule has 1 N–H and O–H groups in total. The Hall–Kier alpha value is -1.56. The minimum Gasteiger partial charge on any atom is -0.406 e. The van der Waals surface area contributed by atoms with E-state index in [1.54, 1.807) is 0 Å². The number of ether oxygens (including phenoxy) is 1. The fraction of sp³-hybridized carbons (Fsp3) is 0.533. The number of hydrogen-bond acceptors (Lipinski definition) is 3. The molecule has 0 amide bonds. The van der Waals surface area contributed by atoms with Gasteiger partial charge in [-0.15, -0.1) is 13.2 Å². The second-order valence-electron chi connectivity index (χ2n) is 5.63. The molecule has 3 nitrogen and oxygen atoms in total. The largest absolute Gasteiger partial charge is 0.573 e. The van der Waals surface area contributed by atoms with Gasteiger partial charge in [-0.3, -0.25) is 4.79 Å². The molecular weight excluding hydrogens is 283 g/mol. The highest BCUT2D eigenvalue weighted by molar-refractivity contribution is 5.86. The minimum absolute atomic E-state index is 0.110. The van der Waals surface area contributed by atoms with Gasteiger partial charge in [0.1, 0.15) is 11.5 Å². The smallest absolute Gasteiger partial charge is 0.406 e. The fourth-order valence-corrected chi connectivity index (χ4v) is 2.50. The zero-order valence-corrected chi connectivity index (χ0v) is 11.8. The predicted molar refractivity (Wildman–Crippen MR) is 72.0 cm³/mol. The number of benzene rings is 1. The SMILES string of the molecule is CC1(C(=O)Cc2ccc(OC(F)(F)F)cc2)CCCNC1. The second-order valence-corrected chi connectivity index (χ2v) is 5.63. The van der Waals surface area contributed by atoms with Crippen LogP contribution in [0, 0.1) is 5.41 Å². The summed E-state index contributed by atoms with van der Waals surface area (Å²) in [5.41, 5.74) is 0.306. The molecule has 1 atom stereocenters. The van der Waals surface area contributed by atoms with Crippen LogP contribution in [0.15, 0.2) is 24.3 Å². The number of Topliss-reactive ketones (excluding diaryl/α,β-unsaturated/α-hetero) is 1. The van der Waals surface area contributed by atoms with Crippen molar-refractivity contribution in [3.8, 4) is 5.75 Å². The molecule has 6 heteroatoms. The number of nitrogens with one attached hydrogen (secondary N) is 1. The number of carbonyl (C=O) groups is 1. The van der Waals surface area contributed by atoms with Crippen LogP contribution in [-0.2, 0) is 11.2 Å². The van der Waals surface area contributed by atoms with Crippen molar-refractivity contribution in [2.24, 2.45) is 5.41 Å². The van der Waals surface area contributed by atoms with Crippen molar-refractivity contribution >= 4 is 5.78 Å². The summed E-state index contributed by atoms with van der Waals surface area (Å²) < 4.78 is 40.0. The fourth-order valence-electron chi connectivity index (χ4n) is 2.50. The number of carbonyl (C=O) groups excluding carboxylic acids is 1. The molecule has 0 saturated carbocycles. The van der Waals surface area contributed by atoms with E-state index in [4.69, 9.17) is 0 Å². The van der Waals surface area contributed by atoms with E-state index in [0.29, 0.717) is 12.1 Å². The van der Waals surface area contributed by atoms with Gasteiger partial charge in [-0.25, -0.2) is 0 Å². The highest BCUT2D eigenvalue weighted by Gasteiger charge is 2.34. The maximum absolute atomic E-state index is 12.4. The summed E-state index contributed by atoms with van der Waals surface area (Å²) in [5.74, 6) is -0.163. The summed E-state index contributed by atoms with van der Waals surface area (Å²) in [5, 5.41) is 3.21. The summed E-state index contributed by atoms with van der Waals surface area (Å²) >= 11 is 0. The minimum atomic E-state index is -4.70. The molecule has 1 saturated heterocycles. The van der Waals surface area contributed by atoms with E-state index in [-0.39, 0.29) is 23.4 Å². The molecule has 2 rings (SSSR count). The van der Waals surface area contributed by atoms with Crippen molar-refractivity contribution < 1.29 is 22.7 Å². The normalized spacial score (nSPS) is 22.9. The highest BCUT2D eigenvalue weighted by atomic mass is 19.4. The number of alkyl halides is 3. The second kappa shape index (κ2) is 6.05. The molecule has 0 spiro atoms. The molecule has 1 unspecified atom stereocenters. The Morgan fingerprint density at radius 2 is 2.00 bits per heavy atom. The van der Waals surface area contributed by atoms with Crippen LogP contribution in [0.4, 0.5) is 13.2 Å². The van der Waals surface area contributed by atoms with Crippen LogP contribution in [0.5, 0.6) is 5.75 Å².